The van der Waals surface area contributed by atoms with Crippen LogP contribution in [0.2, 0.25) is 5.02 Å². The fourth-order valence-electron chi connectivity index (χ4n) is 0.827. The number of benzene rings is 1. The Morgan fingerprint density at radius 3 is 2.75 bits per heavy atom. The van der Waals surface area contributed by atoms with Gasteiger partial charge in [-0.1, -0.05) is 11.6 Å². The quantitative estimate of drug-likeness (QED) is 0.474. The molecule has 0 radical (unpaired) electrons. The smallest absolute Gasteiger partial charge is 0.0803 e. The predicted molar refractivity (Wildman–Crippen MR) is 51.5 cm³/mol. The van der Waals surface area contributed by atoms with E-state index in [9.17, 15) is 0 Å². The van der Waals surface area contributed by atoms with Crippen molar-refractivity contribution in [2.45, 2.75) is 0 Å². The second-order valence-electron chi connectivity index (χ2n) is 2.30. The van der Waals surface area contributed by atoms with Crippen LogP contribution in [0, 0.1) is 10.8 Å². The van der Waals surface area contributed by atoms with Crippen LogP contribution in [0.15, 0.2) is 18.2 Å². The number of nitrogens with two attached hydrogens (primary N) is 1. The number of halogens is 1. The summed E-state index contributed by atoms with van der Waals surface area (Å²) in [5.74, 6) is 0. The zero-order chi connectivity index (χ0) is 9.14. The Kier molecular flexibility index (Phi) is 2.45. The molecule has 4 heteroatoms. The fourth-order valence-corrected chi connectivity index (χ4v) is 1.05. The molecular weight excluding hydrogens is 174 g/mol. The Balaban J connectivity index is 3.22. The van der Waals surface area contributed by atoms with Crippen molar-refractivity contribution in [1.29, 1.82) is 10.8 Å². The Bertz CT molecular complexity index is 333. The van der Waals surface area contributed by atoms with Gasteiger partial charge < -0.3 is 11.1 Å². The third kappa shape index (κ3) is 1.62. The number of hydrogen-bond donors (Lipinski definition) is 3. The molecule has 0 fully saturated rings. The zero-order valence-electron chi connectivity index (χ0n) is 6.26. The lowest BCUT2D eigenvalue weighted by molar-refractivity contribution is 1.49. The second kappa shape index (κ2) is 3.36. The molecule has 0 aliphatic heterocycles. The van der Waals surface area contributed by atoms with E-state index >= 15 is 0 Å². The van der Waals surface area contributed by atoms with E-state index < -0.39 is 0 Å². The van der Waals surface area contributed by atoms with Crippen LogP contribution in [-0.2, 0) is 0 Å². The maximum absolute atomic E-state index is 7.33. The molecule has 1 aromatic rings. The monoisotopic (exact) mass is 181 g/mol. The Labute approximate surface area is 75.2 Å². The van der Waals surface area contributed by atoms with E-state index in [-0.39, 0.29) is 5.71 Å². The van der Waals surface area contributed by atoms with Gasteiger partial charge in [-0.25, -0.2) is 0 Å². The van der Waals surface area contributed by atoms with Crippen molar-refractivity contribution < 1.29 is 0 Å². The summed E-state index contributed by atoms with van der Waals surface area (Å²) in [5, 5.41) is 14.6. The molecule has 0 aromatic heterocycles. The summed E-state index contributed by atoms with van der Waals surface area (Å²) in [6, 6.07) is 4.85. The number of anilines is 1. The summed E-state index contributed by atoms with van der Waals surface area (Å²) < 4.78 is 0. The number of rotatable bonds is 2. The molecule has 4 N–H and O–H groups in total. The zero-order valence-corrected chi connectivity index (χ0v) is 7.02. The molecule has 1 aromatic carbocycles. The van der Waals surface area contributed by atoms with Gasteiger partial charge >= 0.3 is 0 Å². The van der Waals surface area contributed by atoms with Crippen molar-refractivity contribution in [2.75, 3.05) is 5.73 Å². The molecule has 0 spiro atoms. The van der Waals surface area contributed by atoms with Crippen molar-refractivity contribution in [2.24, 2.45) is 0 Å². The lowest BCUT2D eigenvalue weighted by Crippen LogP contribution is -2.01. The van der Waals surface area contributed by atoms with Gasteiger partial charge in [0.25, 0.3) is 0 Å². The van der Waals surface area contributed by atoms with E-state index in [4.69, 9.17) is 28.2 Å². The minimum atomic E-state index is 0.0623. The first-order valence-electron chi connectivity index (χ1n) is 3.29. The number of hydrogen-bond acceptors (Lipinski definition) is 3. The van der Waals surface area contributed by atoms with Gasteiger partial charge in [0.15, 0.2) is 0 Å². The Morgan fingerprint density at radius 1 is 1.50 bits per heavy atom. The van der Waals surface area contributed by atoms with Crippen molar-refractivity contribution >= 4 is 29.2 Å². The van der Waals surface area contributed by atoms with Crippen molar-refractivity contribution in [1.82, 2.24) is 0 Å². The normalized spacial score (nSPS) is 9.42. The van der Waals surface area contributed by atoms with Crippen molar-refractivity contribution in [3.63, 3.8) is 0 Å². The summed E-state index contributed by atoms with van der Waals surface area (Å²) in [4.78, 5) is 0. The van der Waals surface area contributed by atoms with Gasteiger partial charge in [-0.2, -0.15) is 0 Å². The van der Waals surface area contributed by atoms with E-state index in [0.717, 1.165) is 6.21 Å². The maximum Gasteiger partial charge on any atom is 0.0803 e. The van der Waals surface area contributed by atoms with Crippen LogP contribution in [0.5, 0.6) is 0 Å². The average Bonchev–Trinajstić information content (AvgIpc) is 2.08. The molecule has 0 heterocycles. The van der Waals surface area contributed by atoms with Gasteiger partial charge in [-0.05, 0) is 18.2 Å². The second-order valence-corrected chi connectivity index (χ2v) is 2.70. The molecule has 1 rings (SSSR count). The summed E-state index contributed by atoms with van der Waals surface area (Å²) in [7, 11) is 0. The molecule has 0 saturated heterocycles. The van der Waals surface area contributed by atoms with E-state index in [1.165, 1.54) is 0 Å². The van der Waals surface area contributed by atoms with Crippen molar-refractivity contribution in [3.8, 4) is 0 Å². The van der Waals surface area contributed by atoms with E-state index in [1.54, 1.807) is 18.2 Å². The summed E-state index contributed by atoms with van der Waals surface area (Å²) in [6.45, 7) is 0. The lowest BCUT2D eigenvalue weighted by atomic mass is 10.1. The van der Waals surface area contributed by atoms with Crippen LogP contribution in [-0.4, -0.2) is 11.9 Å². The predicted octanol–water partition coefficient (Wildman–Crippen LogP) is 1.94. The molecule has 12 heavy (non-hydrogen) atoms. The largest absolute Gasteiger partial charge is 0.399 e. The van der Waals surface area contributed by atoms with Crippen LogP contribution >= 0.6 is 11.6 Å². The summed E-state index contributed by atoms with van der Waals surface area (Å²) in [5.41, 5.74) is 6.59. The van der Waals surface area contributed by atoms with Crippen LogP contribution in [0.3, 0.4) is 0 Å². The number of nitrogens with one attached hydrogen (secondary N) is 2. The molecule has 0 aliphatic rings. The van der Waals surface area contributed by atoms with Gasteiger partial charge in [0.05, 0.1) is 10.7 Å². The van der Waals surface area contributed by atoms with Crippen LogP contribution in [0.1, 0.15) is 5.56 Å². The standard InChI is InChI=1S/C8H8ClN3/c9-7-2-1-5(11)3-6(7)8(12)4-10/h1-4,10,12H,11H2. The van der Waals surface area contributed by atoms with E-state index in [1.807, 2.05) is 0 Å². The molecule has 62 valence electrons. The topological polar surface area (TPSA) is 73.7 Å². The van der Waals surface area contributed by atoms with Crippen LogP contribution < -0.4 is 5.73 Å². The minimum Gasteiger partial charge on any atom is -0.399 e. The van der Waals surface area contributed by atoms with Gasteiger partial charge in [-0.3, -0.25) is 5.41 Å². The lowest BCUT2D eigenvalue weighted by Gasteiger charge is -2.01. The molecule has 0 aliphatic carbocycles. The fraction of sp³-hybridized carbons (Fsp3) is 0. The SMILES string of the molecule is N=CC(=N)c1cc(N)ccc1Cl. The van der Waals surface area contributed by atoms with Crippen LogP contribution in [0.25, 0.3) is 0 Å². The third-order valence-corrected chi connectivity index (χ3v) is 1.75. The summed E-state index contributed by atoms with van der Waals surface area (Å²) in [6.07, 6.45) is 0.931. The highest BCUT2D eigenvalue weighted by Gasteiger charge is 2.03. The van der Waals surface area contributed by atoms with Gasteiger partial charge in [0, 0.05) is 17.5 Å². The van der Waals surface area contributed by atoms with E-state index in [0.29, 0.717) is 16.3 Å². The Morgan fingerprint density at radius 2 is 2.17 bits per heavy atom. The number of nitrogen functional groups attached to an aromatic ring is 1. The maximum atomic E-state index is 7.33. The minimum absolute atomic E-state index is 0.0623. The summed E-state index contributed by atoms with van der Waals surface area (Å²) >= 11 is 5.77. The highest BCUT2D eigenvalue weighted by atomic mass is 35.5. The molecule has 0 amide bonds. The van der Waals surface area contributed by atoms with Gasteiger partial charge in [0.2, 0.25) is 0 Å². The van der Waals surface area contributed by atoms with Gasteiger partial charge in [0.1, 0.15) is 0 Å². The van der Waals surface area contributed by atoms with Crippen molar-refractivity contribution in [3.05, 3.63) is 28.8 Å². The van der Waals surface area contributed by atoms with Gasteiger partial charge in [-0.15, -0.1) is 0 Å². The first-order chi connectivity index (χ1) is 5.65. The third-order valence-electron chi connectivity index (χ3n) is 1.42. The molecule has 0 bridgehead atoms. The average molecular weight is 182 g/mol. The van der Waals surface area contributed by atoms with E-state index in [2.05, 4.69) is 0 Å². The molecule has 0 atom stereocenters. The highest BCUT2D eigenvalue weighted by Crippen LogP contribution is 2.18. The first-order valence-corrected chi connectivity index (χ1v) is 3.67. The Hall–Kier alpha value is -1.35. The highest BCUT2D eigenvalue weighted by molar-refractivity contribution is 6.42. The molecule has 0 saturated carbocycles. The first kappa shape index (κ1) is 8.74. The molecule has 3 nitrogen and oxygen atoms in total. The van der Waals surface area contributed by atoms with Crippen LogP contribution in [0.4, 0.5) is 5.69 Å². The molecular formula is C8H8ClN3. The molecule has 0 unspecified atom stereocenters.